The van der Waals surface area contributed by atoms with Crippen LogP contribution in [0.4, 0.5) is 0 Å². The van der Waals surface area contributed by atoms with Crippen LogP contribution in [-0.2, 0) is 0 Å². The van der Waals surface area contributed by atoms with E-state index in [1.54, 1.807) is 0 Å². The van der Waals surface area contributed by atoms with Gasteiger partial charge in [-0.3, -0.25) is 0 Å². The fraction of sp³-hybridized carbons (Fsp3) is 0.857. The number of allylic oxidation sites excluding steroid dienone is 1. The first-order valence-corrected chi connectivity index (χ1v) is 6.22. The summed E-state index contributed by atoms with van der Waals surface area (Å²) >= 11 is 0. The van der Waals surface area contributed by atoms with Crippen LogP contribution in [0.1, 0.15) is 59.8 Å². The Labute approximate surface area is 90.8 Å². The monoisotopic (exact) mass is 196 g/mol. The number of hydrogen-bond donors (Lipinski definition) is 0. The van der Waals surface area contributed by atoms with E-state index >= 15 is 0 Å². The average molecular weight is 196 g/mol. The first-order valence-electron chi connectivity index (χ1n) is 6.22. The highest BCUT2D eigenvalue weighted by Gasteiger charge is 2.08. The molecule has 3 atom stereocenters. The van der Waals surface area contributed by atoms with Gasteiger partial charge in [0.05, 0.1) is 0 Å². The summed E-state index contributed by atoms with van der Waals surface area (Å²) in [7, 11) is 0. The second-order valence-corrected chi connectivity index (χ2v) is 5.03. The molecule has 0 fully saturated rings. The van der Waals surface area contributed by atoms with Crippen LogP contribution in [0, 0.1) is 17.8 Å². The summed E-state index contributed by atoms with van der Waals surface area (Å²) in [5.74, 6) is 2.47. The van der Waals surface area contributed by atoms with Crippen molar-refractivity contribution in [2.45, 2.75) is 59.8 Å². The van der Waals surface area contributed by atoms with Crippen LogP contribution in [0.15, 0.2) is 12.7 Å². The van der Waals surface area contributed by atoms with Gasteiger partial charge in [-0.25, -0.2) is 0 Å². The maximum absolute atomic E-state index is 3.84. The highest BCUT2D eigenvalue weighted by molar-refractivity contribution is 4.76. The van der Waals surface area contributed by atoms with E-state index < -0.39 is 0 Å². The van der Waals surface area contributed by atoms with Gasteiger partial charge in [0.2, 0.25) is 0 Å². The van der Waals surface area contributed by atoms with Crippen molar-refractivity contribution in [2.24, 2.45) is 17.8 Å². The molecule has 3 unspecified atom stereocenters. The highest BCUT2D eigenvalue weighted by Crippen LogP contribution is 2.21. The van der Waals surface area contributed by atoms with Crippen LogP contribution >= 0.6 is 0 Å². The fourth-order valence-corrected chi connectivity index (χ4v) is 2.05. The summed E-state index contributed by atoms with van der Waals surface area (Å²) in [5.41, 5.74) is 0. The summed E-state index contributed by atoms with van der Waals surface area (Å²) in [4.78, 5) is 0. The third kappa shape index (κ3) is 7.17. The Balaban J connectivity index is 3.52. The topological polar surface area (TPSA) is 0 Å². The van der Waals surface area contributed by atoms with Crippen LogP contribution in [0.3, 0.4) is 0 Å². The minimum Gasteiger partial charge on any atom is -0.103 e. The molecule has 0 heteroatoms. The van der Waals surface area contributed by atoms with Crippen LogP contribution < -0.4 is 0 Å². The Morgan fingerprint density at radius 1 is 1.00 bits per heavy atom. The fourth-order valence-electron chi connectivity index (χ4n) is 2.05. The lowest BCUT2D eigenvalue weighted by Gasteiger charge is -2.16. The molecule has 0 aromatic heterocycles. The van der Waals surface area contributed by atoms with Crippen LogP contribution in [0.2, 0.25) is 0 Å². The molecule has 0 nitrogen and oxygen atoms in total. The second-order valence-electron chi connectivity index (χ2n) is 5.03. The minimum absolute atomic E-state index is 0.687. The quantitative estimate of drug-likeness (QED) is 0.476. The molecule has 84 valence electrons. The highest BCUT2D eigenvalue weighted by atomic mass is 14.1. The van der Waals surface area contributed by atoms with Crippen molar-refractivity contribution in [2.75, 3.05) is 0 Å². The maximum atomic E-state index is 3.84. The van der Waals surface area contributed by atoms with Gasteiger partial charge >= 0.3 is 0 Å². The molecule has 0 saturated heterocycles. The molecule has 0 aromatic rings. The van der Waals surface area contributed by atoms with Crippen LogP contribution in [0.25, 0.3) is 0 Å². The maximum Gasteiger partial charge on any atom is -0.0262 e. The molecule has 0 aliphatic rings. The predicted molar refractivity (Wildman–Crippen MR) is 66.4 cm³/mol. The van der Waals surface area contributed by atoms with Crippen molar-refractivity contribution in [1.82, 2.24) is 0 Å². The molecule has 0 bridgehead atoms. The Hall–Kier alpha value is -0.260. The Morgan fingerprint density at radius 2 is 1.57 bits per heavy atom. The molecular formula is C14H28. The molecule has 0 aromatic carbocycles. The van der Waals surface area contributed by atoms with Crippen molar-refractivity contribution in [3.8, 4) is 0 Å². The summed E-state index contributed by atoms with van der Waals surface area (Å²) in [6.07, 6.45) is 8.90. The molecule has 0 saturated carbocycles. The van der Waals surface area contributed by atoms with E-state index in [0.29, 0.717) is 5.92 Å². The van der Waals surface area contributed by atoms with Gasteiger partial charge in [-0.2, -0.15) is 0 Å². The molecule has 0 N–H and O–H groups in total. The Kier molecular flexibility index (Phi) is 7.93. The van der Waals surface area contributed by atoms with Gasteiger partial charge in [-0.15, -0.1) is 6.58 Å². The van der Waals surface area contributed by atoms with Gasteiger partial charge in [0.25, 0.3) is 0 Å². The molecule has 0 aliphatic carbocycles. The van der Waals surface area contributed by atoms with E-state index in [0.717, 1.165) is 11.8 Å². The van der Waals surface area contributed by atoms with Crippen LogP contribution in [0.5, 0.6) is 0 Å². The van der Waals surface area contributed by atoms with Crippen molar-refractivity contribution in [3.63, 3.8) is 0 Å². The smallest absolute Gasteiger partial charge is 0.0262 e. The van der Waals surface area contributed by atoms with Gasteiger partial charge in [-0.1, -0.05) is 59.5 Å². The van der Waals surface area contributed by atoms with Crippen molar-refractivity contribution in [3.05, 3.63) is 12.7 Å². The van der Waals surface area contributed by atoms with E-state index in [-0.39, 0.29) is 0 Å². The Bertz CT molecular complexity index is 137. The SMILES string of the molecule is C=CC(C)CC(C)CCC(C)CCC. The zero-order valence-corrected chi connectivity index (χ0v) is 10.6. The van der Waals surface area contributed by atoms with Gasteiger partial charge in [0.15, 0.2) is 0 Å². The third-order valence-corrected chi connectivity index (χ3v) is 3.11. The van der Waals surface area contributed by atoms with Crippen molar-refractivity contribution in [1.29, 1.82) is 0 Å². The van der Waals surface area contributed by atoms with Crippen molar-refractivity contribution >= 4 is 0 Å². The first-order chi connectivity index (χ1) is 6.60. The van der Waals surface area contributed by atoms with E-state index in [4.69, 9.17) is 0 Å². The van der Waals surface area contributed by atoms with E-state index in [1.807, 2.05) is 0 Å². The molecular weight excluding hydrogens is 168 g/mol. The molecule has 14 heavy (non-hydrogen) atoms. The number of hydrogen-bond acceptors (Lipinski definition) is 0. The van der Waals surface area contributed by atoms with Gasteiger partial charge in [0.1, 0.15) is 0 Å². The summed E-state index contributed by atoms with van der Waals surface area (Å²) in [6.45, 7) is 13.1. The first kappa shape index (κ1) is 13.7. The van der Waals surface area contributed by atoms with E-state index in [1.165, 1.54) is 32.1 Å². The zero-order chi connectivity index (χ0) is 11.0. The Morgan fingerprint density at radius 3 is 2.07 bits per heavy atom. The van der Waals surface area contributed by atoms with Gasteiger partial charge < -0.3 is 0 Å². The lowest BCUT2D eigenvalue weighted by atomic mass is 9.89. The second kappa shape index (κ2) is 8.08. The average Bonchev–Trinajstić information content (AvgIpc) is 2.15. The molecule has 0 radical (unpaired) electrons. The predicted octanol–water partition coefficient (Wildman–Crippen LogP) is 5.05. The van der Waals surface area contributed by atoms with Gasteiger partial charge in [-0.05, 0) is 24.2 Å². The van der Waals surface area contributed by atoms with Gasteiger partial charge in [0, 0.05) is 0 Å². The largest absolute Gasteiger partial charge is 0.103 e. The standard InChI is InChI=1S/C14H28/c1-6-8-13(4)9-10-14(5)11-12(3)7-2/h7,12-14H,2,6,8-11H2,1,3-5H3. The van der Waals surface area contributed by atoms with Crippen LogP contribution in [-0.4, -0.2) is 0 Å². The summed E-state index contributed by atoms with van der Waals surface area (Å²) in [6, 6.07) is 0. The van der Waals surface area contributed by atoms with E-state index in [2.05, 4.69) is 40.3 Å². The minimum atomic E-state index is 0.687. The molecule has 0 amide bonds. The lowest BCUT2D eigenvalue weighted by Crippen LogP contribution is -2.03. The number of rotatable bonds is 8. The zero-order valence-electron chi connectivity index (χ0n) is 10.6. The van der Waals surface area contributed by atoms with E-state index in [9.17, 15) is 0 Å². The normalized spacial score (nSPS) is 17.4. The molecule has 0 aliphatic heterocycles. The third-order valence-electron chi connectivity index (χ3n) is 3.11. The summed E-state index contributed by atoms with van der Waals surface area (Å²) in [5, 5.41) is 0. The molecule has 0 spiro atoms. The molecule has 0 rings (SSSR count). The summed E-state index contributed by atoms with van der Waals surface area (Å²) < 4.78 is 0. The van der Waals surface area contributed by atoms with Crippen molar-refractivity contribution < 1.29 is 0 Å². The molecule has 0 heterocycles. The lowest BCUT2D eigenvalue weighted by molar-refractivity contribution is 0.374.